The molecule has 4 nitrogen and oxygen atoms in total. The molecule has 6 heteroatoms. The third-order valence-electron chi connectivity index (χ3n) is 5.25. The first-order valence-corrected chi connectivity index (χ1v) is 11.8. The SMILES string of the molecule is CC(C)Sc1cc(-c2ccc(C[C@@H](C)NC[C@H](O)c3ccccc3)cc2)ccc1C(=O)O.Cl. The largest absolute Gasteiger partial charge is 0.478 e. The smallest absolute Gasteiger partial charge is 0.336 e. The maximum absolute atomic E-state index is 11.5. The second kappa shape index (κ2) is 12.8. The number of halogens is 1. The van der Waals surface area contributed by atoms with Crippen molar-refractivity contribution in [1.82, 2.24) is 5.32 Å². The summed E-state index contributed by atoms with van der Waals surface area (Å²) < 4.78 is 0. The number of hydrogen-bond acceptors (Lipinski definition) is 4. The van der Waals surface area contributed by atoms with Gasteiger partial charge in [-0.05, 0) is 47.7 Å². The normalized spacial score (nSPS) is 12.8. The van der Waals surface area contributed by atoms with Crippen LogP contribution in [0.4, 0.5) is 0 Å². The van der Waals surface area contributed by atoms with Gasteiger partial charge in [0.15, 0.2) is 0 Å². The molecule has 0 aliphatic carbocycles. The first-order chi connectivity index (χ1) is 15.3. The minimum atomic E-state index is -0.895. The van der Waals surface area contributed by atoms with Crippen LogP contribution in [-0.2, 0) is 6.42 Å². The van der Waals surface area contributed by atoms with Gasteiger partial charge in [-0.25, -0.2) is 4.79 Å². The predicted molar refractivity (Wildman–Crippen MR) is 140 cm³/mol. The Balaban J connectivity index is 0.00000385. The molecular formula is C27H32ClNO3S. The first kappa shape index (κ1) is 26.9. The summed E-state index contributed by atoms with van der Waals surface area (Å²) in [6.45, 7) is 6.75. The van der Waals surface area contributed by atoms with Gasteiger partial charge >= 0.3 is 5.97 Å². The number of thioether (sulfide) groups is 1. The van der Waals surface area contributed by atoms with E-state index in [0.717, 1.165) is 28.0 Å². The molecule has 176 valence electrons. The van der Waals surface area contributed by atoms with Crippen molar-refractivity contribution in [3.8, 4) is 11.1 Å². The Morgan fingerprint density at radius 1 is 0.939 bits per heavy atom. The molecule has 0 saturated heterocycles. The highest BCUT2D eigenvalue weighted by molar-refractivity contribution is 8.00. The van der Waals surface area contributed by atoms with Crippen molar-refractivity contribution in [2.24, 2.45) is 0 Å². The number of benzene rings is 3. The molecule has 2 atom stereocenters. The summed E-state index contributed by atoms with van der Waals surface area (Å²) in [4.78, 5) is 12.3. The molecule has 0 heterocycles. The summed E-state index contributed by atoms with van der Waals surface area (Å²) in [7, 11) is 0. The number of nitrogens with one attached hydrogen (secondary N) is 1. The van der Waals surface area contributed by atoms with Gasteiger partial charge in [0.25, 0.3) is 0 Å². The predicted octanol–water partition coefficient (Wildman–Crippen LogP) is 6.23. The Kier molecular flexibility index (Phi) is 10.5. The Hall–Kier alpha value is -2.31. The van der Waals surface area contributed by atoms with Gasteiger partial charge in [0, 0.05) is 22.7 Å². The molecule has 0 unspecified atom stereocenters. The molecule has 0 saturated carbocycles. The van der Waals surface area contributed by atoms with E-state index in [0.29, 0.717) is 17.4 Å². The molecule has 33 heavy (non-hydrogen) atoms. The van der Waals surface area contributed by atoms with Crippen LogP contribution in [-0.4, -0.2) is 34.0 Å². The standard InChI is InChI=1S/C27H31NO3S.ClH/c1-18(2)32-26-16-23(13-14-24(26)27(30)31)21-11-9-20(10-12-21)15-19(3)28-17-25(29)22-7-5-4-6-8-22;/h4-14,16,18-19,25,28-29H,15,17H2,1-3H3,(H,30,31);1H/t19-,25+;/m1./s1. The fourth-order valence-electron chi connectivity index (χ4n) is 3.59. The van der Waals surface area contributed by atoms with Gasteiger partial charge in [-0.15, -0.1) is 24.2 Å². The van der Waals surface area contributed by atoms with Gasteiger partial charge in [0.2, 0.25) is 0 Å². The van der Waals surface area contributed by atoms with E-state index < -0.39 is 12.1 Å². The van der Waals surface area contributed by atoms with E-state index in [2.05, 4.69) is 50.4 Å². The second-order valence-corrected chi connectivity index (χ2v) is 9.94. The quantitative estimate of drug-likeness (QED) is 0.297. The van der Waals surface area contributed by atoms with Crippen LogP contribution >= 0.6 is 24.2 Å². The van der Waals surface area contributed by atoms with Gasteiger partial charge in [-0.1, -0.05) is 74.5 Å². The highest BCUT2D eigenvalue weighted by Gasteiger charge is 2.14. The van der Waals surface area contributed by atoms with Crippen molar-refractivity contribution in [1.29, 1.82) is 0 Å². The van der Waals surface area contributed by atoms with E-state index in [1.54, 1.807) is 17.8 Å². The van der Waals surface area contributed by atoms with Gasteiger partial charge in [0.05, 0.1) is 11.7 Å². The molecule has 0 aromatic heterocycles. The van der Waals surface area contributed by atoms with Crippen LogP contribution in [0.1, 0.15) is 48.4 Å². The monoisotopic (exact) mass is 485 g/mol. The van der Waals surface area contributed by atoms with Crippen LogP contribution in [0.3, 0.4) is 0 Å². The van der Waals surface area contributed by atoms with E-state index in [9.17, 15) is 15.0 Å². The lowest BCUT2D eigenvalue weighted by Crippen LogP contribution is -2.32. The maximum atomic E-state index is 11.5. The number of aliphatic hydroxyl groups is 1. The zero-order valence-electron chi connectivity index (χ0n) is 19.2. The maximum Gasteiger partial charge on any atom is 0.336 e. The highest BCUT2D eigenvalue weighted by Crippen LogP contribution is 2.31. The van der Waals surface area contributed by atoms with Gasteiger partial charge in [-0.2, -0.15) is 0 Å². The Morgan fingerprint density at radius 3 is 2.18 bits per heavy atom. The van der Waals surface area contributed by atoms with Crippen LogP contribution in [0.25, 0.3) is 11.1 Å². The average Bonchev–Trinajstić information content (AvgIpc) is 2.78. The van der Waals surface area contributed by atoms with Crippen LogP contribution in [0.15, 0.2) is 77.7 Å². The van der Waals surface area contributed by atoms with Gasteiger partial charge < -0.3 is 15.5 Å². The summed E-state index contributed by atoms with van der Waals surface area (Å²) in [5.74, 6) is -0.895. The number of rotatable bonds is 10. The summed E-state index contributed by atoms with van der Waals surface area (Å²) >= 11 is 1.57. The molecule has 0 radical (unpaired) electrons. The molecule has 3 N–H and O–H groups in total. The Bertz CT molecular complexity index is 1030. The van der Waals surface area contributed by atoms with Gasteiger partial charge in [-0.3, -0.25) is 0 Å². The minimum absolute atomic E-state index is 0. The lowest BCUT2D eigenvalue weighted by Gasteiger charge is -2.18. The van der Waals surface area contributed by atoms with Gasteiger partial charge in [0.1, 0.15) is 0 Å². The zero-order valence-corrected chi connectivity index (χ0v) is 20.8. The summed E-state index contributed by atoms with van der Waals surface area (Å²) in [6, 6.07) is 23.8. The van der Waals surface area contributed by atoms with Crippen molar-refractivity contribution < 1.29 is 15.0 Å². The van der Waals surface area contributed by atoms with Crippen molar-refractivity contribution in [2.45, 2.75) is 49.5 Å². The fraction of sp³-hybridized carbons (Fsp3) is 0.296. The van der Waals surface area contributed by atoms with E-state index >= 15 is 0 Å². The molecule has 3 rings (SSSR count). The number of carbonyl (C=O) groups is 1. The molecule has 0 aliphatic rings. The summed E-state index contributed by atoms with van der Waals surface area (Å²) in [6.07, 6.45) is 0.335. The van der Waals surface area contributed by atoms with Crippen LogP contribution in [0.2, 0.25) is 0 Å². The third kappa shape index (κ3) is 7.90. The second-order valence-electron chi connectivity index (χ2n) is 8.32. The van der Waals surface area contributed by atoms with Crippen molar-refractivity contribution in [3.05, 3.63) is 89.5 Å². The molecular weight excluding hydrogens is 454 g/mol. The third-order valence-corrected chi connectivity index (χ3v) is 6.31. The first-order valence-electron chi connectivity index (χ1n) is 10.9. The highest BCUT2D eigenvalue weighted by atomic mass is 35.5. The van der Waals surface area contributed by atoms with E-state index in [4.69, 9.17) is 0 Å². The van der Waals surface area contributed by atoms with Crippen molar-refractivity contribution in [3.63, 3.8) is 0 Å². The topological polar surface area (TPSA) is 69.6 Å². The minimum Gasteiger partial charge on any atom is -0.478 e. The number of hydrogen-bond donors (Lipinski definition) is 3. The molecule has 0 aliphatic heterocycles. The molecule has 0 bridgehead atoms. The number of aromatic carboxylic acids is 1. The summed E-state index contributed by atoms with van der Waals surface area (Å²) in [5.41, 5.74) is 4.56. The number of aliphatic hydroxyl groups excluding tert-OH is 1. The molecule has 3 aromatic rings. The van der Waals surface area contributed by atoms with E-state index in [-0.39, 0.29) is 18.4 Å². The summed E-state index contributed by atoms with van der Waals surface area (Å²) in [5, 5.41) is 23.5. The van der Waals surface area contributed by atoms with E-state index in [1.165, 1.54) is 5.56 Å². The molecule has 0 spiro atoms. The molecule has 0 amide bonds. The average molecular weight is 486 g/mol. The van der Waals surface area contributed by atoms with Crippen molar-refractivity contribution >= 4 is 30.1 Å². The molecule has 0 fully saturated rings. The zero-order chi connectivity index (χ0) is 23.1. The van der Waals surface area contributed by atoms with Crippen LogP contribution in [0, 0.1) is 0 Å². The number of carboxylic acid groups (broad SMARTS) is 1. The lowest BCUT2D eigenvalue weighted by molar-refractivity contribution is 0.0693. The molecule has 3 aromatic carbocycles. The Morgan fingerprint density at radius 2 is 1.58 bits per heavy atom. The fourth-order valence-corrected chi connectivity index (χ4v) is 4.58. The lowest BCUT2D eigenvalue weighted by atomic mass is 10.00. The Labute approximate surface area is 206 Å². The van der Waals surface area contributed by atoms with Crippen molar-refractivity contribution in [2.75, 3.05) is 6.54 Å². The number of carboxylic acids is 1. The van der Waals surface area contributed by atoms with Crippen LogP contribution in [0.5, 0.6) is 0 Å². The van der Waals surface area contributed by atoms with E-state index in [1.807, 2.05) is 42.5 Å². The van der Waals surface area contributed by atoms with Crippen LogP contribution < -0.4 is 5.32 Å².